The minimum Gasteiger partial charge on any atom is -0.372 e. The first-order valence-corrected chi connectivity index (χ1v) is 6.84. The van der Waals surface area contributed by atoms with E-state index in [1.807, 2.05) is 18.2 Å². The van der Waals surface area contributed by atoms with Crippen LogP contribution in [0.1, 0.15) is 25.3 Å². The number of rotatable bonds is 5. The second-order valence-electron chi connectivity index (χ2n) is 5.05. The molecular weight excluding hydrogens is 240 g/mol. The van der Waals surface area contributed by atoms with Crippen LogP contribution in [-0.4, -0.2) is 37.1 Å². The molecule has 1 heterocycles. The molecule has 4 nitrogen and oxygen atoms in total. The first-order chi connectivity index (χ1) is 9.19. The summed E-state index contributed by atoms with van der Waals surface area (Å²) in [4.78, 5) is 14.2. The van der Waals surface area contributed by atoms with Crippen LogP contribution in [0.3, 0.4) is 0 Å². The summed E-state index contributed by atoms with van der Waals surface area (Å²) >= 11 is 0. The first-order valence-electron chi connectivity index (χ1n) is 6.84. The van der Waals surface area contributed by atoms with E-state index in [4.69, 9.17) is 4.74 Å². The van der Waals surface area contributed by atoms with Crippen molar-refractivity contribution in [3.63, 3.8) is 0 Å². The third-order valence-electron chi connectivity index (χ3n) is 3.52. The molecule has 1 N–H and O–H groups in total. The normalized spacial score (nSPS) is 17.4. The zero-order valence-electron chi connectivity index (χ0n) is 11.7. The molecule has 0 aliphatic carbocycles. The van der Waals surface area contributed by atoms with Crippen LogP contribution in [0.25, 0.3) is 0 Å². The number of hydrogen-bond acceptors (Lipinski definition) is 3. The van der Waals surface area contributed by atoms with E-state index in [2.05, 4.69) is 16.3 Å². The predicted molar refractivity (Wildman–Crippen MR) is 76.1 cm³/mol. The fraction of sp³-hybridized carbons (Fsp3) is 0.533. The molecule has 1 unspecified atom stereocenters. The van der Waals surface area contributed by atoms with Crippen LogP contribution in [-0.2, 0) is 16.1 Å². The van der Waals surface area contributed by atoms with Gasteiger partial charge in [-0.3, -0.25) is 9.69 Å². The highest BCUT2D eigenvalue weighted by molar-refractivity contribution is 5.93. The van der Waals surface area contributed by atoms with Crippen LogP contribution in [0.2, 0.25) is 0 Å². The van der Waals surface area contributed by atoms with Crippen LogP contribution >= 0.6 is 0 Å². The second kappa shape index (κ2) is 6.68. The minimum absolute atomic E-state index is 0.110. The van der Waals surface area contributed by atoms with Gasteiger partial charge in [-0.15, -0.1) is 0 Å². The van der Waals surface area contributed by atoms with Gasteiger partial charge in [-0.05, 0) is 50.6 Å². The number of carbonyl (C=O) groups is 1. The lowest BCUT2D eigenvalue weighted by Crippen LogP contribution is -2.26. The smallest absolute Gasteiger partial charge is 0.253 e. The van der Waals surface area contributed by atoms with Gasteiger partial charge in [-0.1, -0.05) is 12.1 Å². The molecule has 19 heavy (non-hydrogen) atoms. The Labute approximate surface area is 114 Å². The highest BCUT2D eigenvalue weighted by Gasteiger charge is 2.13. The molecule has 1 aromatic rings. The van der Waals surface area contributed by atoms with Gasteiger partial charge in [-0.25, -0.2) is 0 Å². The highest BCUT2D eigenvalue weighted by atomic mass is 16.5. The predicted octanol–water partition coefficient (Wildman–Crippen LogP) is 2.26. The van der Waals surface area contributed by atoms with Crippen molar-refractivity contribution in [2.45, 2.75) is 32.4 Å². The van der Waals surface area contributed by atoms with Gasteiger partial charge in [0.1, 0.15) is 6.10 Å². The molecule has 2 rings (SSSR count). The van der Waals surface area contributed by atoms with Crippen LogP contribution in [0.4, 0.5) is 5.69 Å². The van der Waals surface area contributed by atoms with Crippen molar-refractivity contribution in [3.05, 3.63) is 29.8 Å². The Bertz CT molecular complexity index is 428. The van der Waals surface area contributed by atoms with Gasteiger partial charge in [0.2, 0.25) is 0 Å². The van der Waals surface area contributed by atoms with Gasteiger partial charge >= 0.3 is 0 Å². The molecule has 0 aromatic heterocycles. The lowest BCUT2D eigenvalue weighted by Gasteiger charge is -2.16. The topological polar surface area (TPSA) is 41.6 Å². The molecule has 1 amide bonds. The molecule has 1 saturated heterocycles. The summed E-state index contributed by atoms with van der Waals surface area (Å²) in [6.45, 7) is 5.06. The number of carbonyl (C=O) groups excluding carboxylic acids is 1. The summed E-state index contributed by atoms with van der Waals surface area (Å²) in [5.41, 5.74) is 2.08. The molecule has 1 aliphatic heterocycles. The van der Waals surface area contributed by atoms with Crippen molar-refractivity contribution < 1.29 is 9.53 Å². The molecule has 0 bridgehead atoms. The highest BCUT2D eigenvalue weighted by Crippen LogP contribution is 2.16. The Morgan fingerprint density at radius 3 is 2.84 bits per heavy atom. The van der Waals surface area contributed by atoms with E-state index in [0.29, 0.717) is 0 Å². The monoisotopic (exact) mass is 262 g/mol. The molecule has 0 saturated carbocycles. The van der Waals surface area contributed by atoms with Crippen LogP contribution < -0.4 is 5.32 Å². The molecular formula is C15H22N2O2. The number of nitrogens with one attached hydrogen (secondary N) is 1. The van der Waals surface area contributed by atoms with Crippen molar-refractivity contribution in [1.29, 1.82) is 0 Å². The van der Waals surface area contributed by atoms with Gasteiger partial charge in [0, 0.05) is 19.3 Å². The lowest BCUT2D eigenvalue weighted by atomic mass is 10.2. The van der Waals surface area contributed by atoms with Crippen molar-refractivity contribution >= 4 is 11.6 Å². The number of amides is 1. The Hall–Kier alpha value is -1.39. The maximum absolute atomic E-state index is 11.8. The number of benzene rings is 1. The lowest BCUT2D eigenvalue weighted by molar-refractivity contribution is -0.124. The van der Waals surface area contributed by atoms with Gasteiger partial charge in [0.05, 0.1) is 0 Å². The van der Waals surface area contributed by atoms with Crippen LogP contribution in [0, 0.1) is 0 Å². The van der Waals surface area contributed by atoms with Crippen LogP contribution in [0.5, 0.6) is 0 Å². The molecule has 1 aromatic carbocycles. The quantitative estimate of drug-likeness (QED) is 0.885. The summed E-state index contributed by atoms with van der Waals surface area (Å²) in [6, 6.07) is 8.04. The average Bonchev–Trinajstić information content (AvgIpc) is 2.91. The Morgan fingerprint density at radius 2 is 2.16 bits per heavy atom. The summed E-state index contributed by atoms with van der Waals surface area (Å²) in [5, 5.41) is 2.88. The fourth-order valence-corrected chi connectivity index (χ4v) is 2.30. The van der Waals surface area contributed by atoms with E-state index in [9.17, 15) is 4.79 Å². The average molecular weight is 262 g/mol. The van der Waals surface area contributed by atoms with Crippen molar-refractivity contribution in [1.82, 2.24) is 4.90 Å². The van der Waals surface area contributed by atoms with Gasteiger partial charge in [-0.2, -0.15) is 0 Å². The van der Waals surface area contributed by atoms with E-state index in [1.54, 1.807) is 6.92 Å². The number of anilines is 1. The maximum atomic E-state index is 11.8. The van der Waals surface area contributed by atoms with Crippen molar-refractivity contribution in [2.75, 3.05) is 25.5 Å². The number of nitrogens with zero attached hydrogens (tertiary/aromatic N) is 1. The SMILES string of the molecule is COC(C)C(=O)Nc1cccc(CN2CCCC2)c1. The van der Waals surface area contributed by atoms with Gasteiger partial charge < -0.3 is 10.1 Å². The maximum Gasteiger partial charge on any atom is 0.253 e. The fourth-order valence-electron chi connectivity index (χ4n) is 2.30. The molecule has 1 atom stereocenters. The Balaban J connectivity index is 1.96. The third kappa shape index (κ3) is 4.04. The molecule has 0 spiro atoms. The van der Waals surface area contributed by atoms with E-state index in [1.165, 1.54) is 38.6 Å². The van der Waals surface area contributed by atoms with E-state index in [-0.39, 0.29) is 5.91 Å². The summed E-state index contributed by atoms with van der Waals surface area (Å²) in [7, 11) is 1.54. The third-order valence-corrected chi connectivity index (χ3v) is 3.52. The molecule has 104 valence electrons. The molecule has 0 radical (unpaired) electrons. The zero-order valence-corrected chi connectivity index (χ0v) is 11.7. The largest absolute Gasteiger partial charge is 0.372 e. The van der Waals surface area contributed by atoms with Crippen molar-refractivity contribution in [2.24, 2.45) is 0 Å². The second-order valence-corrected chi connectivity index (χ2v) is 5.05. The minimum atomic E-state index is -0.428. The van der Waals surface area contributed by atoms with Crippen molar-refractivity contribution in [3.8, 4) is 0 Å². The summed E-state index contributed by atoms with van der Waals surface area (Å²) in [5.74, 6) is -0.110. The summed E-state index contributed by atoms with van der Waals surface area (Å²) < 4.78 is 5.00. The van der Waals surface area contributed by atoms with E-state index < -0.39 is 6.10 Å². The first kappa shape index (κ1) is 14.0. The zero-order chi connectivity index (χ0) is 13.7. The van der Waals surface area contributed by atoms with E-state index >= 15 is 0 Å². The summed E-state index contributed by atoms with van der Waals surface area (Å²) in [6.07, 6.45) is 2.16. The van der Waals surface area contributed by atoms with E-state index in [0.717, 1.165) is 12.2 Å². The number of methoxy groups -OCH3 is 1. The number of hydrogen-bond donors (Lipinski definition) is 1. The Morgan fingerprint density at radius 1 is 1.42 bits per heavy atom. The number of likely N-dealkylation sites (tertiary alicyclic amines) is 1. The number of ether oxygens (including phenoxy) is 1. The Kier molecular flexibility index (Phi) is 4.93. The molecule has 1 fully saturated rings. The van der Waals surface area contributed by atoms with Gasteiger partial charge in [0.15, 0.2) is 0 Å². The van der Waals surface area contributed by atoms with Gasteiger partial charge in [0.25, 0.3) is 5.91 Å². The van der Waals surface area contributed by atoms with Crippen LogP contribution in [0.15, 0.2) is 24.3 Å². The molecule has 4 heteroatoms. The standard InChI is InChI=1S/C15H22N2O2/c1-12(19-2)15(18)16-14-7-5-6-13(10-14)11-17-8-3-4-9-17/h5-7,10,12H,3-4,8-9,11H2,1-2H3,(H,16,18). The molecule has 1 aliphatic rings.